The van der Waals surface area contributed by atoms with Crippen molar-refractivity contribution in [2.75, 3.05) is 5.32 Å². The number of carbonyl (C=O) groups is 1. The molecule has 0 saturated heterocycles. The zero-order valence-corrected chi connectivity index (χ0v) is 14.7. The van der Waals surface area contributed by atoms with Crippen molar-refractivity contribution in [1.82, 2.24) is 14.6 Å². The lowest BCUT2D eigenvalue weighted by atomic mass is 10.1. The van der Waals surface area contributed by atoms with Crippen LogP contribution in [0.3, 0.4) is 0 Å². The monoisotopic (exact) mass is 360 g/mol. The lowest BCUT2D eigenvalue weighted by Crippen LogP contribution is -2.04. The standard InChI is InChI=1S/C21H17FN4O/c1-14(27)16-3-2-4-17(11-16)19-13-24-21-10-9-20(25-26(19)21)23-12-15-5-7-18(22)8-6-15/h2-11,13H,12H2,1H3,(H,23,25). The maximum atomic E-state index is 13.0. The second kappa shape index (κ2) is 6.99. The van der Waals surface area contributed by atoms with Crippen LogP contribution < -0.4 is 5.32 Å². The number of carbonyl (C=O) groups excluding carboxylic acids is 1. The van der Waals surface area contributed by atoms with Crippen molar-refractivity contribution in [3.05, 3.63) is 83.8 Å². The van der Waals surface area contributed by atoms with E-state index >= 15 is 0 Å². The van der Waals surface area contributed by atoms with Gasteiger partial charge in [-0.1, -0.05) is 30.3 Å². The Morgan fingerprint density at radius 2 is 1.93 bits per heavy atom. The van der Waals surface area contributed by atoms with Crippen molar-refractivity contribution in [1.29, 1.82) is 0 Å². The second-order valence-electron chi connectivity index (χ2n) is 6.25. The normalized spacial score (nSPS) is 10.9. The Morgan fingerprint density at radius 1 is 1.11 bits per heavy atom. The lowest BCUT2D eigenvalue weighted by Gasteiger charge is -2.08. The van der Waals surface area contributed by atoms with E-state index in [0.29, 0.717) is 23.6 Å². The fraction of sp³-hybridized carbons (Fsp3) is 0.0952. The van der Waals surface area contributed by atoms with Gasteiger partial charge in [-0.3, -0.25) is 4.79 Å². The van der Waals surface area contributed by atoms with Gasteiger partial charge in [0.15, 0.2) is 11.4 Å². The molecule has 0 aliphatic rings. The van der Waals surface area contributed by atoms with Crippen molar-refractivity contribution < 1.29 is 9.18 Å². The maximum Gasteiger partial charge on any atom is 0.159 e. The average molecular weight is 360 g/mol. The predicted octanol–water partition coefficient (Wildman–Crippen LogP) is 4.35. The van der Waals surface area contributed by atoms with Crippen LogP contribution in [0.4, 0.5) is 10.2 Å². The number of aromatic nitrogens is 3. The van der Waals surface area contributed by atoms with Crippen LogP contribution in [0.1, 0.15) is 22.8 Å². The van der Waals surface area contributed by atoms with Gasteiger partial charge in [-0.15, -0.1) is 5.10 Å². The van der Waals surface area contributed by atoms with E-state index in [1.807, 2.05) is 30.3 Å². The fourth-order valence-electron chi connectivity index (χ4n) is 2.86. The van der Waals surface area contributed by atoms with Crippen molar-refractivity contribution in [2.24, 2.45) is 0 Å². The smallest absolute Gasteiger partial charge is 0.159 e. The number of benzene rings is 2. The van der Waals surface area contributed by atoms with E-state index in [0.717, 1.165) is 16.8 Å². The van der Waals surface area contributed by atoms with E-state index in [4.69, 9.17) is 0 Å². The molecule has 0 amide bonds. The highest BCUT2D eigenvalue weighted by Gasteiger charge is 2.10. The second-order valence-corrected chi connectivity index (χ2v) is 6.25. The van der Waals surface area contributed by atoms with Crippen LogP contribution in [0.2, 0.25) is 0 Å². The number of nitrogens with zero attached hydrogens (tertiary/aromatic N) is 3. The summed E-state index contributed by atoms with van der Waals surface area (Å²) in [5.74, 6) is 0.434. The van der Waals surface area contributed by atoms with Crippen molar-refractivity contribution >= 4 is 17.2 Å². The van der Waals surface area contributed by atoms with Crippen LogP contribution in [-0.4, -0.2) is 20.4 Å². The molecule has 4 rings (SSSR count). The number of Topliss-reactive ketones (excluding diaryl/α,β-unsaturated/α-hetero) is 1. The maximum absolute atomic E-state index is 13.0. The van der Waals surface area contributed by atoms with E-state index in [1.165, 1.54) is 12.1 Å². The molecule has 134 valence electrons. The van der Waals surface area contributed by atoms with E-state index in [1.54, 1.807) is 35.8 Å². The first-order valence-corrected chi connectivity index (χ1v) is 8.54. The molecule has 0 atom stereocenters. The molecule has 0 saturated carbocycles. The van der Waals surface area contributed by atoms with E-state index in [9.17, 15) is 9.18 Å². The summed E-state index contributed by atoms with van der Waals surface area (Å²) in [5, 5.41) is 7.84. The summed E-state index contributed by atoms with van der Waals surface area (Å²) in [4.78, 5) is 16.0. The molecule has 0 fully saturated rings. The Kier molecular flexibility index (Phi) is 4.38. The van der Waals surface area contributed by atoms with Gasteiger partial charge in [-0.25, -0.2) is 13.9 Å². The molecule has 5 nitrogen and oxygen atoms in total. The quantitative estimate of drug-likeness (QED) is 0.538. The van der Waals surface area contributed by atoms with Gasteiger partial charge in [-0.2, -0.15) is 0 Å². The Labute approximate surface area is 155 Å². The third kappa shape index (κ3) is 3.55. The van der Waals surface area contributed by atoms with Gasteiger partial charge >= 0.3 is 0 Å². The molecule has 0 spiro atoms. The average Bonchev–Trinajstić information content (AvgIpc) is 3.11. The highest BCUT2D eigenvalue weighted by atomic mass is 19.1. The SMILES string of the molecule is CC(=O)c1cccc(-c2cnc3ccc(NCc4ccc(F)cc4)nn23)c1. The van der Waals surface area contributed by atoms with Gasteiger partial charge in [0.05, 0.1) is 11.9 Å². The largest absolute Gasteiger partial charge is 0.365 e. The predicted molar refractivity (Wildman–Crippen MR) is 102 cm³/mol. The van der Waals surface area contributed by atoms with Crippen LogP contribution in [0.15, 0.2) is 66.9 Å². The number of halogens is 1. The van der Waals surface area contributed by atoms with E-state index in [-0.39, 0.29) is 11.6 Å². The fourth-order valence-corrected chi connectivity index (χ4v) is 2.86. The molecular formula is C21H17FN4O. The van der Waals surface area contributed by atoms with Crippen molar-refractivity contribution in [3.8, 4) is 11.3 Å². The molecule has 0 unspecified atom stereocenters. The van der Waals surface area contributed by atoms with Crippen molar-refractivity contribution in [2.45, 2.75) is 13.5 Å². The minimum atomic E-state index is -0.255. The summed E-state index contributed by atoms with van der Waals surface area (Å²) in [6.45, 7) is 2.08. The first-order chi connectivity index (χ1) is 13.1. The van der Waals surface area contributed by atoms with Crippen LogP contribution in [-0.2, 0) is 6.54 Å². The summed E-state index contributed by atoms with van der Waals surface area (Å²) < 4.78 is 14.8. The Balaban J connectivity index is 1.64. The topological polar surface area (TPSA) is 59.3 Å². The number of nitrogens with one attached hydrogen (secondary N) is 1. The number of hydrogen-bond acceptors (Lipinski definition) is 4. The molecule has 1 N–H and O–H groups in total. The number of anilines is 1. The summed E-state index contributed by atoms with van der Waals surface area (Å²) in [6.07, 6.45) is 1.74. The Bertz CT molecular complexity index is 1120. The molecule has 0 radical (unpaired) electrons. The molecule has 2 aromatic carbocycles. The molecule has 6 heteroatoms. The minimum Gasteiger partial charge on any atom is -0.365 e. The zero-order valence-electron chi connectivity index (χ0n) is 14.7. The molecule has 0 aliphatic carbocycles. The number of imidazole rings is 1. The molecule has 27 heavy (non-hydrogen) atoms. The van der Waals surface area contributed by atoms with E-state index in [2.05, 4.69) is 15.4 Å². The Morgan fingerprint density at radius 3 is 2.70 bits per heavy atom. The number of ketones is 1. The van der Waals surface area contributed by atoms with Crippen LogP contribution in [0, 0.1) is 5.82 Å². The number of fused-ring (bicyclic) bond motifs is 1. The number of rotatable bonds is 5. The van der Waals surface area contributed by atoms with Crippen LogP contribution >= 0.6 is 0 Å². The first kappa shape index (κ1) is 16.9. The van der Waals surface area contributed by atoms with Gasteiger partial charge in [0.25, 0.3) is 0 Å². The molecular weight excluding hydrogens is 343 g/mol. The molecule has 2 aromatic heterocycles. The summed E-state index contributed by atoms with van der Waals surface area (Å²) in [7, 11) is 0. The molecule has 0 aliphatic heterocycles. The molecule has 0 bridgehead atoms. The van der Waals surface area contributed by atoms with Gasteiger partial charge in [0.1, 0.15) is 11.6 Å². The van der Waals surface area contributed by atoms with Gasteiger partial charge in [0.2, 0.25) is 0 Å². The third-order valence-electron chi connectivity index (χ3n) is 4.31. The Hall–Kier alpha value is -3.54. The third-order valence-corrected chi connectivity index (χ3v) is 4.31. The van der Waals surface area contributed by atoms with E-state index < -0.39 is 0 Å². The lowest BCUT2D eigenvalue weighted by molar-refractivity contribution is 0.101. The first-order valence-electron chi connectivity index (χ1n) is 8.54. The summed E-state index contributed by atoms with van der Waals surface area (Å²) in [6, 6.07) is 17.5. The van der Waals surface area contributed by atoms with Gasteiger partial charge in [-0.05, 0) is 42.8 Å². The summed E-state index contributed by atoms with van der Waals surface area (Å²) >= 11 is 0. The number of hydrogen-bond donors (Lipinski definition) is 1. The van der Waals surface area contributed by atoms with Crippen LogP contribution in [0.25, 0.3) is 16.9 Å². The van der Waals surface area contributed by atoms with Crippen molar-refractivity contribution in [3.63, 3.8) is 0 Å². The minimum absolute atomic E-state index is 0.0142. The van der Waals surface area contributed by atoms with Gasteiger partial charge in [0, 0.05) is 17.7 Å². The molecule has 2 heterocycles. The highest BCUT2D eigenvalue weighted by Crippen LogP contribution is 2.22. The highest BCUT2D eigenvalue weighted by molar-refractivity contribution is 5.95. The van der Waals surface area contributed by atoms with Crippen LogP contribution in [0.5, 0.6) is 0 Å². The van der Waals surface area contributed by atoms with Gasteiger partial charge < -0.3 is 5.32 Å². The zero-order chi connectivity index (χ0) is 18.8. The molecule has 4 aromatic rings. The summed E-state index contributed by atoms with van der Waals surface area (Å²) in [5.41, 5.74) is 3.99.